The second kappa shape index (κ2) is 6.91. The number of hydrogen-bond donors (Lipinski definition) is 2. The van der Waals surface area contributed by atoms with Crippen LogP contribution in [0, 0.1) is 20.8 Å². The zero-order chi connectivity index (χ0) is 13.5. The van der Waals surface area contributed by atoms with Crippen LogP contribution in [0.5, 0.6) is 0 Å². The standard InChI is InChI=1S/C14H19N3S/c1-5-6-15-14(18)17-16-9-13-8-11(3)10(2)7-12(13)4/h5,7-9H,1,6H2,2-4H3,(H2,15,17,18)/b16-9-. The Balaban J connectivity index is 2.64. The van der Waals surface area contributed by atoms with Gasteiger partial charge in [0.1, 0.15) is 0 Å². The molecule has 0 bridgehead atoms. The fourth-order valence-electron chi connectivity index (χ4n) is 1.49. The number of nitrogens with zero attached hydrogens (tertiary/aromatic N) is 1. The van der Waals surface area contributed by atoms with Crippen molar-refractivity contribution in [3.8, 4) is 0 Å². The second-order valence-corrected chi connectivity index (χ2v) is 4.57. The molecule has 0 aliphatic heterocycles. The van der Waals surface area contributed by atoms with Gasteiger partial charge in [-0.2, -0.15) is 5.10 Å². The molecule has 0 saturated heterocycles. The first-order valence-electron chi connectivity index (χ1n) is 5.80. The molecular formula is C14H19N3S. The molecule has 0 aliphatic carbocycles. The van der Waals surface area contributed by atoms with Crippen LogP contribution in [0.25, 0.3) is 0 Å². The molecule has 0 aliphatic rings. The maximum atomic E-state index is 5.03. The van der Waals surface area contributed by atoms with Crippen molar-refractivity contribution in [3.63, 3.8) is 0 Å². The Morgan fingerprint density at radius 2 is 1.94 bits per heavy atom. The lowest BCUT2D eigenvalue weighted by atomic mass is 10.0. The van der Waals surface area contributed by atoms with Crippen LogP contribution in [0.3, 0.4) is 0 Å². The van der Waals surface area contributed by atoms with E-state index in [1.54, 1.807) is 12.3 Å². The Bertz CT molecular complexity index is 478. The Morgan fingerprint density at radius 3 is 2.61 bits per heavy atom. The first kappa shape index (κ1) is 14.4. The summed E-state index contributed by atoms with van der Waals surface area (Å²) < 4.78 is 0. The third-order valence-electron chi connectivity index (χ3n) is 2.66. The van der Waals surface area contributed by atoms with Gasteiger partial charge in [-0.1, -0.05) is 12.1 Å². The van der Waals surface area contributed by atoms with Crippen molar-refractivity contribution in [3.05, 3.63) is 47.0 Å². The maximum Gasteiger partial charge on any atom is 0.187 e. The summed E-state index contributed by atoms with van der Waals surface area (Å²) in [5.41, 5.74) is 7.62. The monoisotopic (exact) mass is 261 g/mol. The first-order chi connectivity index (χ1) is 8.54. The molecule has 2 N–H and O–H groups in total. The Morgan fingerprint density at radius 1 is 1.28 bits per heavy atom. The predicted octanol–water partition coefficient (Wildman–Crippen LogP) is 2.60. The number of hydrogen-bond acceptors (Lipinski definition) is 2. The van der Waals surface area contributed by atoms with Crippen LogP contribution in [-0.4, -0.2) is 17.9 Å². The van der Waals surface area contributed by atoms with E-state index in [-0.39, 0.29) is 0 Å². The van der Waals surface area contributed by atoms with Crippen molar-refractivity contribution in [2.24, 2.45) is 5.10 Å². The van der Waals surface area contributed by atoms with Crippen LogP contribution >= 0.6 is 12.2 Å². The van der Waals surface area contributed by atoms with Crippen LogP contribution in [-0.2, 0) is 0 Å². The normalized spacial score (nSPS) is 10.4. The van der Waals surface area contributed by atoms with Crippen molar-refractivity contribution < 1.29 is 0 Å². The van der Waals surface area contributed by atoms with Gasteiger partial charge in [0, 0.05) is 6.54 Å². The summed E-state index contributed by atoms with van der Waals surface area (Å²) in [6.07, 6.45) is 3.52. The Kier molecular flexibility index (Phi) is 5.52. The third kappa shape index (κ3) is 4.30. The van der Waals surface area contributed by atoms with Crippen LogP contribution in [0.15, 0.2) is 29.9 Å². The van der Waals surface area contributed by atoms with Gasteiger partial charge in [-0.05, 0) is 61.3 Å². The number of hydrazone groups is 1. The Labute approximate surface area is 114 Å². The number of nitrogens with one attached hydrogen (secondary N) is 2. The predicted molar refractivity (Wildman–Crippen MR) is 82.2 cm³/mol. The van der Waals surface area contributed by atoms with E-state index in [9.17, 15) is 0 Å². The van der Waals surface area contributed by atoms with E-state index < -0.39 is 0 Å². The number of thiocarbonyl (C=S) groups is 1. The van der Waals surface area contributed by atoms with E-state index in [1.165, 1.54) is 16.7 Å². The van der Waals surface area contributed by atoms with Gasteiger partial charge in [0.2, 0.25) is 0 Å². The second-order valence-electron chi connectivity index (χ2n) is 4.16. The highest BCUT2D eigenvalue weighted by molar-refractivity contribution is 7.80. The van der Waals surface area contributed by atoms with Gasteiger partial charge in [0.15, 0.2) is 5.11 Å². The molecule has 0 fully saturated rings. The van der Waals surface area contributed by atoms with Crippen LogP contribution < -0.4 is 10.7 Å². The lowest BCUT2D eigenvalue weighted by molar-refractivity contribution is 0.941. The van der Waals surface area contributed by atoms with Crippen molar-refractivity contribution >= 4 is 23.5 Å². The molecule has 0 unspecified atom stereocenters. The number of benzene rings is 1. The summed E-state index contributed by atoms with van der Waals surface area (Å²) >= 11 is 5.03. The molecule has 0 amide bonds. The van der Waals surface area contributed by atoms with Crippen LogP contribution in [0.1, 0.15) is 22.3 Å². The van der Waals surface area contributed by atoms with E-state index in [1.807, 2.05) is 0 Å². The lowest BCUT2D eigenvalue weighted by Crippen LogP contribution is -2.31. The molecule has 0 heterocycles. The van der Waals surface area contributed by atoms with Crippen molar-refractivity contribution in [2.45, 2.75) is 20.8 Å². The van der Waals surface area contributed by atoms with Crippen molar-refractivity contribution in [2.75, 3.05) is 6.54 Å². The first-order valence-corrected chi connectivity index (χ1v) is 6.21. The highest BCUT2D eigenvalue weighted by atomic mass is 32.1. The highest BCUT2D eigenvalue weighted by Gasteiger charge is 1.99. The molecule has 1 aromatic carbocycles. The van der Waals surface area contributed by atoms with Gasteiger partial charge in [-0.25, -0.2) is 0 Å². The highest BCUT2D eigenvalue weighted by Crippen LogP contribution is 2.13. The molecule has 0 atom stereocenters. The van der Waals surface area contributed by atoms with E-state index in [0.29, 0.717) is 11.7 Å². The average Bonchev–Trinajstić information content (AvgIpc) is 2.33. The van der Waals surface area contributed by atoms with Crippen molar-refractivity contribution in [1.29, 1.82) is 0 Å². The summed E-state index contributed by atoms with van der Waals surface area (Å²) in [4.78, 5) is 0. The molecule has 18 heavy (non-hydrogen) atoms. The summed E-state index contributed by atoms with van der Waals surface area (Å²) in [6, 6.07) is 4.28. The van der Waals surface area contributed by atoms with E-state index in [0.717, 1.165) is 5.56 Å². The van der Waals surface area contributed by atoms with E-state index >= 15 is 0 Å². The molecule has 1 rings (SSSR count). The zero-order valence-electron chi connectivity index (χ0n) is 11.1. The zero-order valence-corrected chi connectivity index (χ0v) is 11.9. The molecule has 96 valence electrons. The van der Waals surface area contributed by atoms with Gasteiger partial charge in [0.25, 0.3) is 0 Å². The fourth-order valence-corrected chi connectivity index (χ4v) is 1.62. The molecule has 0 saturated carbocycles. The molecule has 0 spiro atoms. The summed E-state index contributed by atoms with van der Waals surface area (Å²) in [5, 5.41) is 7.55. The molecular weight excluding hydrogens is 242 g/mol. The van der Waals surface area contributed by atoms with Gasteiger partial charge < -0.3 is 5.32 Å². The minimum Gasteiger partial charge on any atom is -0.358 e. The van der Waals surface area contributed by atoms with E-state index in [2.05, 4.69) is 55.3 Å². The van der Waals surface area contributed by atoms with Crippen LogP contribution in [0.2, 0.25) is 0 Å². The largest absolute Gasteiger partial charge is 0.358 e. The third-order valence-corrected chi connectivity index (χ3v) is 2.89. The molecule has 4 heteroatoms. The summed E-state index contributed by atoms with van der Waals surface area (Å²) in [5.74, 6) is 0. The van der Waals surface area contributed by atoms with Gasteiger partial charge in [-0.3, -0.25) is 5.43 Å². The fraction of sp³-hybridized carbons (Fsp3) is 0.286. The van der Waals surface area contributed by atoms with Gasteiger partial charge >= 0.3 is 0 Å². The minimum atomic E-state index is 0.493. The maximum absolute atomic E-state index is 5.03. The summed E-state index contributed by atoms with van der Waals surface area (Å²) in [6.45, 7) is 10.5. The SMILES string of the molecule is C=CCNC(=S)N/N=C\c1cc(C)c(C)cc1C. The number of rotatable bonds is 4. The quantitative estimate of drug-likeness (QED) is 0.378. The number of aryl methyl sites for hydroxylation is 3. The molecule has 3 nitrogen and oxygen atoms in total. The van der Waals surface area contributed by atoms with Crippen molar-refractivity contribution in [1.82, 2.24) is 10.7 Å². The Hall–Kier alpha value is -1.68. The van der Waals surface area contributed by atoms with Crippen LogP contribution in [0.4, 0.5) is 0 Å². The molecule has 1 aromatic rings. The minimum absolute atomic E-state index is 0.493. The molecule has 0 aromatic heterocycles. The summed E-state index contributed by atoms with van der Waals surface area (Å²) in [7, 11) is 0. The molecule has 0 radical (unpaired) electrons. The lowest BCUT2D eigenvalue weighted by Gasteiger charge is -2.06. The van der Waals surface area contributed by atoms with Gasteiger partial charge in [-0.15, -0.1) is 6.58 Å². The van der Waals surface area contributed by atoms with Gasteiger partial charge in [0.05, 0.1) is 6.21 Å². The average molecular weight is 261 g/mol. The topological polar surface area (TPSA) is 36.4 Å². The van der Waals surface area contributed by atoms with E-state index in [4.69, 9.17) is 12.2 Å². The smallest absolute Gasteiger partial charge is 0.187 e.